The third-order valence-corrected chi connectivity index (χ3v) is 3.75. The Bertz CT molecular complexity index is 525. The van der Waals surface area contributed by atoms with E-state index < -0.39 is 0 Å². The number of nitrogens with one attached hydrogen (secondary N) is 1. The Kier molecular flexibility index (Phi) is 2.91. The Labute approximate surface area is 107 Å². The standard InChI is InChI=1S/C13H19N5/c1-10-4-3-5-11(2)18(10)16-13-12-6-7-15-17(12)9-8-14-13/h6-11H,3-5H2,1-2H3,(H,14,16). The van der Waals surface area contributed by atoms with Crippen LogP contribution >= 0.6 is 0 Å². The highest BCUT2D eigenvalue weighted by Crippen LogP contribution is 2.24. The molecule has 0 aromatic carbocycles. The van der Waals surface area contributed by atoms with Gasteiger partial charge in [0, 0.05) is 24.5 Å². The Hall–Kier alpha value is -1.62. The molecule has 1 aliphatic rings. The zero-order valence-electron chi connectivity index (χ0n) is 10.9. The maximum Gasteiger partial charge on any atom is 0.166 e. The van der Waals surface area contributed by atoms with E-state index in [1.807, 2.05) is 16.8 Å². The van der Waals surface area contributed by atoms with Crippen LogP contribution in [0.3, 0.4) is 0 Å². The van der Waals surface area contributed by atoms with Crippen LogP contribution in [0.25, 0.3) is 5.52 Å². The third kappa shape index (κ3) is 1.95. The first-order valence-electron chi connectivity index (χ1n) is 6.59. The SMILES string of the molecule is CC1CCCC(C)N1Nc1nccn2nccc12. The number of anilines is 1. The summed E-state index contributed by atoms with van der Waals surface area (Å²) in [5.41, 5.74) is 4.49. The third-order valence-electron chi connectivity index (χ3n) is 3.75. The molecule has 5 heteroatoms. The summed E-state index contributed by atoms with van der Waals surface area (Å²) < 4.78 is 1.84. The fraction of sp³-hybridized carbons (Fsp3) is 0.538. The van der Waals surface area contributed by atoms with Gasteiger partial charge in [-0.3, -0.25) is 0 Å². The lowest BCUT2D eigenvalue weighted by Crippen LogP contribution is -2.47. The summed E-state index contributed by atoms with van der Waals surface area (Å²) in [4.78, 5) is 4.43. The van der Waals surface area contributed by atoms with Crippen molar-refractivity contribution in [2.45, 2.75) is 45.2 Å². The van der Waals surface area contributed by atoms with E-state index in [0.29, 0.717) is 12.1 Å². The molecule has 0 spiro atoms. The minimum absolute atomic E-state index is 0.540. The molecule has 0 bridgehead atoms. The summed E-state index contributed by atoms with van der Waals surface area (Å²) in [6.07, 6.45) is 9.22. The second-order valence-corrected chi connectivity index (χ2v) is 5.08. The van der Waals surface area contributed by atoms with Crippen LogP contribution in [-0.4, -0.2) is 31.7 Å². The highest BCUT2D eigenvalue weighted by molar-refractivity contribution is 5.66. The van der Waals surface area contributed by atoms with Gasteiger partial charge in [0.2, 0.25) is 0 Å². The Balaban J connectivity index is 1.89. The van der Waals surface area contributed by atoms with Crippen molar-refractivity contribution in [1.29, 1.82) is 0 Å². The van der Waals surface area contributed by atoms with Crippen LogP contribution in [0.2, 0.25) is 0 Å². The zero-order valence-corrected chi connectivity index (χ0v) is 10.9. The van der Waals surface area contributed by atoms with E-state index in [1.54, 1.807) is 12.4 Å². The lowest BCUT2D eigenvalue weighted by molar-refractivity contribution is 0.135. The predicted octanol–water partition coefficient (Wildman–Crippen LogP) is 2.32. The maximum absolute atomic E-state index is 4.43. The van der Waals surface area contributed by atoms with Gasteiger partial charge in [0.15, 0.2) is 5.82 Å². The molecule has 1 fully saturated rings. The molecular formula is C13H19N5. The maximum atomic E-state index is 4.43. The van der Waals surface area contributed by atoms with Crippen LogP contribution in [0.1, 0.15) is 33.1 Å². The molecule has 3 rings (SSSR count). The van der Waals surface area contributed by atoms with Gasteiger partial charge in [-0.25, -0.2) is 14.5 Å². The van der Waals surface area contributed by atoms with Gasteiger partial charge in [0.05, 0.1) is 6.20 Å². The molecule has 2 aromatic rings. The largest absolute Gasteiger partial charge is 0.301 e. The number of fused-ring (bicyclic) bond motifs is 1. The highest BCUT2D eigenvalue weighted by Gasteiger charge is 2.25. The number of piperidine rings is 1. The molecule has 18 heavy (non-hydrogen) atoms. The van der Waals surface area contributed by atoms with E-state index in [9.17, 15) is 0 Å². The van der Waals surface area contributed by atoms with Gasteiger partial charge >= 0.3 is 0 Å². The van der Waals surface area contributed by atoms with Crippen LogP contribution in [-0.2, 0) is 0 Å². The van der Waals surface area contributed by atoms with Crippen LogP contribution in [0.4, 0.5) is 5.82 Å². The number of nitrogens with zero attached hydrogens (tertiary/aromatic N) is 4. The number of rotatable bonds is 2. The van der Waals surface area contributed by atoms with Crippen molar-refractivity contribution >= 4 is 11.3 Å². The van der Waals surface area contributed by atoms with Crippen molar-refractivity contribution in [3.05, 3.63) is 24.7 Å². The molecule has 0 saturated carbocycles. The smallest absolute Gasteiger partial charge is 0.166 e. The molecule has 5 nitrogen and oxygen atoms in total. The number of hydrazine groups is 1. The molecule has 0 radical (unpaired) electrons. The van der Waals surface area contributed by atoms with Gasteiger partial charge in [-0.15, -0.1) is 0 Å². The molecule has 96 valence electrons. The number of aromatic nitrogens is 3. The van der Waals surface area contributed by atoms with Crippen molar-refractivity contribution in [1.82, 2.24) is 19.6 Å². The van der Waals surface area contributed by atoms with E-state index >= 15 is 0 Å². The number of hydrogen-bond acceptors (Lipinski definition) is 4. The molecule has 1 aliphatic heterocycles. The van der Waals surface area contributed by atoms with Crippen LogP contribution < -0.4 is 5.43 Å². The summed E-state index contributed by atoms with van der Waals surface area (Å²) >= 11 is 0. The second kappa shape index (κ2) is 4.57. The number of hydrogen-bond donors (Lipinski definition) is 1. The van der Waals surface area contributed by atoms with Gasteiger partial charge in [-0.05, 0) is 32.8 Å². The van der Waals surface area contributed by atoms with E-state index in [4.69, 9.17) is 0 Å². The van der Waals surface area contributed by atoms with Gasteiger partial charge in [-0.1, -0.05) is 6.42 Å². The predicted molar refractivity (Wildman–Crippen MR) is 71.2 cm³/mol. The average Bonchev–Trinajstić information content (AvgIpc) is 2.83. The first kappa shape index (κ1) is 11.5. The molecule has 2 unspecified atom stereocenters. The van der Waals surface area contributed by atoms with Crippen LogP contribution in [0, 0.1) is 0 Å². The quantitative estimate of drug-likeness (QED) is 0.882. The van der Waals surface area contributed by atoms with E-state index in [2.05, 4.69) is 34.4 Å². The summed E-state index contributed by atoms with van der Waals surface area (Å²) in [5.74, 6) is 0.885. The second-order valence-electron chi connectivity index (χ2n) is 5.08. The molecule has 1 saturated heterocycles. The van der Waals surface area contributed by atoms with Crippen LogP contribution in [0.5, 0.6) is 0 Å². The fourth-order valence-corrected chi connectivity index (χ4v) is 2.71. The minimum Gasteiger partial charge on any atom is -0.301 e. The molecule has 0 aliphatic carbocycles. The normalized spacial score (nSPS) is 25.4. The molecule has 0 amide bonds. The van der Waals surface area contributed by atoms with Crippen molar-refractivity contribution < 1.29 is 0 Å². The molecule has 2 atom stereocenters. The zero-order chi connectivity index (χ0) is 12.5. The van der Waals surface area contributed by atoms with Crippen molar-refractivity contribution in [2.75, 3.05) is 5.43 Å². The van der Waals surface area contributed by atoms with E-state index in [1.165, 1.54) is 19.3 Å². The van der Waals surface area contributed by atoms with Crippen molar-refractivity contribution in [2.24, 2.45) is 0 Å². The highest BCUT2D eigenvalue weighted by atomic mass is 15.5. The Morgan fingerprint density at radius 2 is 2.00 bits per heavy atom. The summed E-state index contributed by atoms with van der Waals surface area (Å²) in [6.45, 7) is 4.53. The lowest BCUT2D eigenvalue weighted by atomic mass is 10.00. The first-order chi connectivity index (χ1) is 8.75. The first-order valence-corrected chi connectivity index (χ1v) is 6.59. The van der Waals surface area contributed by atoms with Gasteiger partial charge < -0.3 is 5.43 Å². The summed E-state index contributed by atoms with van der Waals surface area (Å²) in [5, 5.41) is 6.55. The van der Waals surface area contributed by atoms with Gasteiger partial charge in [0.25, 0.3) is 0 Å². The minimum atomic E-state index is 0.540. The average molecular weight is 245 g/mol. The lowest BCUT2D eigenvalue weighted by Gasteiger charge is -2.39. The molecule has 3 heterocycles. The molecule has 2 aromatic heterocycles. The van der Waals surface area contributed by atoms with Crippen molar-refractivity contribution in [3.8, 4) is 0 Å². The topological polar surface area (TPSA) is 45.5 Å². The van der Waals surface area contributed by atoms with Gasteiger partial charge in [-0.2, -0.15) is 5.10 Å². The Morgan fingerprint density at radius 3 is 2.78 bits per heavy atom. The summed E-state index contributed by atoms with van der Waals surface area (Å²) in [7, 11) is 0. The van der Waals surface area contributed by atoms with Gasteiger partial charge in [0.1, 0.15) is 5.52 Å². The van der Waals surface area contributed by atoms with E-state index in [0.717, 1.165) is 11.3 Å². The summed E-state index contributed by atoms with van der Waals surface area (Å²) in [6, 6.07) is 3.06. The van der Waals surface area contributed by atoms with E-state index in [-0.39, 0.29) is 0 Å². The monoisotopic (exact) mass is 245 g/mol. The Morgan fingerprint density at radius 1 is 1.22 bits per heavy atom. The molecular weight excluding hydrogens is 226 g/mol. The fourth-order valence-electron chi connectivity index (χ4n) is 2.71. The molecule has 1 N–H and O–H groups in total. The van der Waals surface area contributed by atoms with Crippen molar-refractivity contribution in [3.63, 3.8) is 0 Å². The van der Waals surface area contributed by atoms with Crippen LogP contribution in [0.15, 0.2) is 24.7 Å².